The van der Waals surface area contributed by atoms with Gasteiger partial charge in [0.05, 0.1) is 5.56 Å². The van der Waals surface area contributed by atoms with Crippen LogP contribution < -0.4 is 10.5 Å². The van der Waals surface area contributed by atoms with E-state index in [9.17, 15) is 9.59 Å². The number of fused-ring (bicyclic) bond motifs is 1. The minimum atomic E-state index is -0.549. The summed E-state index contributed by atoms with van der Waals surface area (Å²) in [6, 6.07) is 14.1. The van der Waals surface area contributed by atoms with Crippen LogP contribution in [0.1, 0.15) is 28.6 Å². The maximum Gasteiger partial charge on any atom is 0.255 e. The summed E-state index contributed by atoms with van der Waals surface area (Å²) in [6.45, 7) is 1.76. The van der Waals surface area contributed by atoms with Crippen molar-refractivity contribution in [3.05, 3.63) is 65.4 Å². The third-order valence-electron chi connectivity index (χ3n) is 3.71. The molecule has 2 N–H and O–H groups in total. The highest BCUT2D eigenvalue weighted by Crippen LogP contribution is 2.29. The van der Waals surface area contributed by atoms with E-state index < -0.39 is 5.91 Å². The van der Waals surface area contributed by atoms with Gasteiger partial charge in [0.1, 0.15) is 17.1 Å². The number of carbonyl (C=O) groups is 2. The van der Waals surface area contributed by atoms with E-state index in [0.717, 1.165) is 5.39 Å². The summed E-state index contributed by atoms with van der Waals surface area (Å²) in [5.41, 5.74) is 6.87. The molecule has 5 heteroatoms. The Morgan fingerprint density at radius 2 is 1.79 bits per heavy atom. The number of nitrogens with two attached hydrogens (primary N) is 1. The zero-order valence-electron chi connectivity index (χ0n) is 13.2. The summed E-state index contributed by atoms with van der Waals surface area (Å²) in [7, 11) is 0. The van der Waals surface area contributed by atoms with Gasteiger partial charge in [0.25, 0.3) is 5.91 Å². The van der Waals surface area contributed by atoms with E-state index in [1.165, 1.54) is 0 Å². The molecule has 3 rings (SSSR count). The van der Waals surface area contributed by atoms with Crippen LogP contribution in [0.4, 0.5) is 0 Å². The smallest absolute Gasteiger partial charge is 0.255 e. The van der Waals surface area contributed by atoms with Gasteiger partial charge in [-0.25, -0.2) is 0 Å². The van der Waals surface area contributed by atoms with Crippen molar-refractivity contribution in [1.29, 1.82) is 0 Å². The van der Waals surface area contributed by atoms with Gasteiger partial charge in [-0.2, -0.15) is 0 Å². The highest BCUT2D eigenvalue weighted by Gasteiger charge is 2.20. The first kappa shape index (κ1) is 15.8. The molecule has 0 bridgehead atoms. The fraction of sp³-hybridized carbons (Fsp3) is 0.158. The number of furan rings is 1. The zero-order chi connectivity index (χ0) is 17.1. The number of hydrogen-bond donors (Lipinski definition) is 1. The van der Waals surface area contributed by atoms with Crippen LogP contribution in [0, 0.1) is 0 Å². The summed E-state index contributed by atoms with van der Waals surface area (Å²) in [6.07, 6.45) is 0.634. The fourth-order valence-corrected chi connectivity index (χ4v) is 2.60. The van der Waals surface area contributed by atoms with E-state index in [1.807, 2.05) is 31.2 Å². The summed E-state index contributed by atoms with van der Waals surface area (Å²) < 4.78 is 11.0. The largest absolute Gasteiger partial charge is 0.484 e. The topological polar surface area (TPSA) is 82.5 Å². The van der Waals surface area contributed by atoms with Crippen molar-refractivity contribution >= 4 is 22.7 Å². The Balaban J connectivity index is 1.93. The molecule has 2 aromatic carbocycles. The Kier molecular flexibility index (Phi) is 4.33. The Morgan fingerprint density at radius 1 is 1.08 bits per heavy atom. The number of hydrogen-bond acceptors (Lipinski definition) is 4. The molecule has 1 amide bonds. The average Bonchev–Trinajstić information content (AvgIpc) is 2.98. The molecule has 122 valence electrons. The van der Waals surface area contributed by atoms with Crippen molar-refractivity contribution in [3.8, 4) is 5.75 Å². The molecule has 5 nitrogen and oxygen atoms in total. The Bertz CT molecular complexity index is 893. The molecule has 0 radical (unpaired) electrons. The highest BCUT2D eigenvalue weighted by molar-refractivity contribution is 6.16. The van der Waals surface area contributed by atoms with Crippen molar-refractivity contribution < 1.29 is 18.7 Å². The van der Waals surface area contributed by atoms with Gasteiger partial charge in [0.15, 0.2) is 12.4 Å². The van der Waals surface area contributed by atoms with Gasteiger partial charge >= 0.3 is 0 Å². The normalized spacial score (nSPS) is 10.7. The Hall–Kier alpha value is -3.08. The van der Waals surface area contributed by atoms with Gasteiger partial charge in [0.2, 0.25) is 0 Å². The third-order valence-corrected chi connectivity index (χ3v) is 3.71. The average molecular weight is 323 g/mol. The van der Waals surface area contributed by atoms with Gasteiger partial charge in [-0.05, 0) is 30.3 Å². The number of para-hydroxylation sites is 1. The lowest BCUT2D eigenvalue weighted by Gasteiger charge is -2.05. The molecule has 1 heterocycles. The van der Waals surface area contributed by atoms with Crippen LogP contribution in [0.15, 0.2) is 52.9 Å². The number of aryl methyl sites for hydroxylation is 1. The molecule has 0 saturated carbocycles. The molecule has 0 fully saturated rings. The van der Waals surface area contributed by atoms with Crippen LogP contribution in [0.3, 0.4) is 0 Å². The molecule has 1 aromatic heterocycles. The molecule has 3 aromatic rings. The van der Waals surface area contributed by atoms with Gasteiger partial charge < -0.3 is 14.9 Å². The van der Waals surface area contributed by atoms with Crippen LogP contribution in [0.2, 0.25) is 0 Å². The molecule has 0 spiro atoms. The van der Waals surface area contributed by atoms with Crippen molar-refractivity contribution in [2.75, 3.05) is 6.61 Å². The van der Waals surface area contributed by atoms with Crippen molar-refractivity contribution in [1.82, 2.24) is 0 Å². The van der Waals surface area contributed by atoms with Gasteiger partial charge in [0, 0.05) is 17.4 Å². The number of primary amides is 1. The standard InChI is InChI=1S/C19H17NO4/c1-2-15-18(14-5-3-4-6-16(14)24-15)19(22)12-7-9-13(10-8-12)23-11-17(20)21/h3-10H,2,11H2,1H3,(H2,20,21). The van der Waals surface area contributed by atoms with Crippen molar-refractivity contribution in [2.24, 2.45) is 5.73 Å². The maximum atomic E-state index is 12.9. The first-order chi connectivity index (χ1) is 11.6. The predicted molar refractivity (Wildman–Crippen MR) is 90.2 cm³/mol. The minimum Gasteiger partial charge on any atom is -0.484 e. The summed E-state index contributed by atoms with van der Waals surface area (Å²) >= 11 is 0. The molecule has 0 unspecified atom stereocenters. The second kappa shape index (κ2) is 6.58. The van der Waals surface area contributed by atoms with E-state index in [1.54, 1.807) is 24.3 Å². The monoisotopic (exact) mass is 323 g/mol. The van der Waals surface area contributed by atoms with Crippen molar-refractivity contribution in [3.63, 3.8) is 0 Å². The number of carbonyl (C=O) groups excluding carboxylic acids is 2. The molecule has 0 aliphatic carbocycles. The minimum absolute atomic E-state index is 0.0988. The summed E-state index contributed by atoms with van der Waals surface area (Å²) in [5, 5.41) is 0.813. The quantitative estimate of drug-likeness (QED) is 0.707. The van der Waals surface area contributed by atoms with Crippen LogP contribution in [0.5, 0.6) is 5.75 Å². The third kappa shape index (κ3) is 3.01. The molecule has 0 saturated heterocycles. The molecule has 24 heavy (non-hydrogen) atoms. The summed E-state index contributed by atoms with van der Waals surface area (Å²) in [5.74, 6) is 0.513. The fourth-order valence-electron chi connectivity index (χ4n) is 2.60. The number of benzene rings is 2. The lowest BCUT2D eigenvalue weighted by Crippen LogP contribution is -2.20. The second-order valence-electron chi connectivity index (χ2n) is 5.36. The molecular weight excluding hydrogens is 306 g/mol. The Morgan fingerprint density at radius 3 is 2.46 bits per heavy atom. The number of rotatable bonds is 6. The van der Waals surface area contributed by atoms with Crippen LogP contribution in [-0.4, -0.2) is 18.3 Å². The van der Waals surface area contributed by atoms with Crippen molar-refractivity contribution in [2.45, 2.75) is 13.3 Å². The SMILES string of the molecule is CCc1oc2ccccc2c1C(=O)c1ccc(OCC(N)=O)cc1. The lowest BCUT2D eigenvalue weighted by molar-refractivity contribution is -0.119. The molecular formula is C19H17NO4. The number of ether oxygens (including phenoxy) is 1. The lowest BCUT2D eigenvalue weighted by atomic mass is 9.99. The van der Waals surface area contributed by atoms with E-state index in [4.69, 9.17) is 14.9 Å². The van der Waals surface area contributed by atoms with E-state index in [-0.39, 0.29) is 12.4 Å². The second-order valence-corrected chi connectivity index (χ2v) is 5.36. The summed E-state index contributed by atoms with van der Waals surface area (Å²) in [4.78, 5) is 23.6. The van der Waals surface area contributed by atoms with E-state index in [0.29, 0.717) is 34.6 Å². The van der Waals surface area contributed by atoms with E-state index in [2.05, 4.69) is 0 Å². The van der Waals surface area contributed by atoms with Crippen LogP contribution in [-0.2, 0) is 11.2 Å². The zero-order valence-corrected chi connectivity index (χ0v) is 13.2. The number of amides is 1. The van der Waals surface area contributed by atoms with Gasteiger partial charge in [-0.1, -0.05) is 25.1 Å². The highest BCUT2D eigenvalue weighted by atomic mass is 16.5. The Labute approximate surface area is 139 Å². The van der Waals surface area contributed by atoms with Crippen LogP contribution >= 0.6 is 0 Å². The van der Waals surface area contributed by atoms with E-state index >= 15 is 0 Å². The van der Waals surface area contributed by atoms with Crippen LogP contribution in [0.25, 0.3) is 11.0 Å². The predicted octanol–water partition coefficient (Wildman–Crippen LogP) is 3.09. The van der Waals surface area contributed by atoms with Gasteiger partial charge in [-0.3, -0.25) is 9.59 Å². The first-order valence-corrected chi connectivity index (χ1v) is 7.66. The molecule has 0 aliphatic heterocycles. The maximum absolute atomic E-state index is 12.9. The first-order valence-electron chi connectivity index (χ1n) is 7.66. The van der Waals surface area contributed by atoms with Gasteiger partial charge in [-0.15, -0.1) is 0 Å². The number of ketones is 1. The molecule has 0 atom stereocenters. The molecule has 0 aliphatic rings.